The average molecular weight is 259 g/mol. The summed E-state index contributed by atoms with van der Waals surface area (Å²) in [6, 6.07) is 9.55. The normalized spacial score (nSPS) is 12.6. The number of aliphatic hydroxyl groups is 1. The molecule has 0 fully saturated rings. The van der Waals surface area contributed by atoms with E-state index in [9.17, 15) is 0 Å². The highest BCUT2D eigenvalue weighted by molar-refractivity contribution is 5.44. The minimum atomic E-state index is 0.0493. The van der Waals surface area contributed by atoms with Crippen molar-refractivity contribution in [1.82, 2.24) is 9.78 Å². The molecule has 0 aliphatic rings. The summed E-state index contributed by atoms with van der Waals surface area (Å²) >= 11 is 0. The van der Waals surface area contributed by atoms with E-state index in [1.165, 1.54) is 0 Å². The van der Waals surface area contributed by atoms with Gasteiger partial charge in [0.15, 0.2) is 0 Å². The lowest BCUT2D eigenvalue weighted by Crippen LogP contribution is -2.02. The molecule has 0 bridgehead atoms. The average Bonchev–Trinajstić information content (AvgIpc) is 2.81. The molecule has 2 rings (SSSR count). The Morgan fingerprint density at radius 3 is 2.58 bits per heavy atom. The Morgan fingerprint density at radius 1 is 1.32 bits per heavy atom. The van der Waals surface area contributed by atoms with Crippen molar-refractivity contribution >= 4 is 5.82 Å². The van der Waals surface area contributed by atoms with Gasteiger partial charge < -0.3 is 10.8 Å². The molecule has 3 N–H and O–H groups in total. The predicted octanol–water partition coefficient (Wildman–Crippen LogP) is 2.85. The van der Waals surface area contributed by atoms with Gasteiger partial charge in [-0.15, -0.1) is 0 Å². The Morgan fingerprint density at radius 2 is 2.00 bits per heavy atom. The van der Waals surface area contributed by atoms with Crippen LogP contribution in [0.3, 0.4) is 0 Å². The second kappa shape index (κ2) is 5.89. The van der Waals surface area contributed by atoms with Crippen LogP contribution in [-0.2, 0) is 6.61 Å². The molecule has 102 valence electrons. The smallest absolute Gasteiger partial charge is 0.127 e. The van der Waals surface area contributed by atoms with Gasteiger partial charge in [0.1, 0.15) is 5.82 Å². The Bertz CT molecular complexity index is 531. The molecule has 19 heavy (non-hydrogen) atoms. The summed E-state index contributed by atoms with van der Waals surface area (Å²) in [4.78, 5) is 0. The molecular weight excluding hydrogens is 238 g/mol. The Balaban J connectivity index is 2.28. The van der Waals surface area contributed by atoms with Crippen LogP contribution in [0.4, 0.5) is 5.82 Å². The third kappa shape index (κ3) is 2.96. The number of benzene rings is 1. The van der Waals surface area contributed by atoms with Crippen molar-refractivity contribution in [2.75, 3.05) is 5.73 Å². The van der Waals surface area contributed by atoms with Gasteiger partial charge in [0.05, 0.1) is 18.0 Å². The van der Waals surface area contributed by atoms with E-state index in [2.05, 4.69) is 18.9 Å². The molecule has 1 heterocycles. The minimum Gasteiger partial charge on any atom is -0.392 e. The molecule has 2 aromatic rings. The number of nitrogens with zero attached hydrogens (tertiary/aromatic N) is 2. The zero-order valence-electron chi connectivity index (χ0n) is 11.5. The summed E-state index contributed by atoms with van der Waals surface area (Å²) in [5.74, 6) is 1.07. The molecule has 0 aliphatic carbocycles. The maximum Gasteiger partial charge on any atom is 0.127 e. The number of aliphatic hydroxyl groups excluding tert-OH is 1. The van der Waals surface area contributed by atoms with Crippen LogP contribution in [0, 0.1) is 0 Å². The molecule has 1 atom stereocenters. The third-order valence-electron chi connectivity index (χ3n) is 3.35. The molecule has 4 nitrogen and oxygen atoms in total. The van der Waals surface area contributed by atoms with Crippen molar-refractivity contribution in [3.05, 3.63) is 41.6 Å². The Kier molecular flexibility index (Phi) is 4.22. The van der Waals surface area contributed by atoms with Crippen molar-refractivity contribution < 1.29 is 5.11 Å². The molecule has 4 heteroatoms. The molecular formula is C15H21N3O. The van der Waals surface area contributed by atoms with Gasteiger partial charge in [0.25, 0.3) is 0 Å². The van der Waals surface area contributed by atoms with Crippen molar-refractivity contribution in [3.8, 4) is 5.69 Å². The van der Waals surface area contributed by atoms with Gasteiger partial charge in [-0.3, -0.25) is 0 Å². The first-order chi connectivity index (χ1) is 9.15. The molecule has 0 aliphatic heterocycles. The highest BCUT2D eigenvalue weighted by Crippen LogP contribution is 2.23. The largest absolute Gasteiger partial charge is 0.392 e. The highest BCUT2D eigenvalue weighted by atomic mass is 16.3. The minimum absolute atomic E-state index is 0.0493. The van der Waals surface area contributed by atoms with Crippen LogP contribution in [0.25, 0.3) is 5.69 Å². The summed E-state index contributed by atoms with van der Waals surface area (Å²) in [6.45, 7) is 4.39. The topological polar surface area (TPSA) is 64.1 Å². The van der Waals surface area contributed by atoms with E-state index in [-0.39, 0.29) is 6.61 Å². The van der Waals surface area contributed by atoms with Gasteiger partial charge in [-0.25, -0.2) is 4.68 Å². The van der Waals surface area contributed by atoms with Crippen molar-refractivity contribution in [3.63, 3.8) is 0 Å². The maximum atomic E-state index is 9.04. The quantitative estimate of drug-likeness (QED) is 0.867. The first-order valence-corrected chi connectivity index (χ1v) is 6.71. The summed E-state index contributed by atoms with van der Waals surface area (Å²) < 4.78 is 1.75. The van der Waals surface area contributed by atoms with Gasteiger partial charge in [0, 0.05) is 12.0 Å². The van der Waals surface area contributed by atoms with E-state index in [1.54, 1.807) is 4.68 Å². The lowest BCUT2D eigenvalue weighted by atomic mass is 10.0. The van der Waals surface area contributed by atoms with Crippen molar-refractivity contribution in [1.29, 1.82) is 0 Å². The van der Waals surface area contributed by atoms with Gasteiger partial charge in [-0.2, -0.15) is 5.10 Å². The van der Waals surface area contributed by atoms with Crippen LogP contribution in [0.5, 0.6) is 0 Å². The zero-order chi connectivity index (χ0) is 13.8. The number of hydrogen-bond acceptors (Lipinski definition) is 3. The fourth-order valence-electron chi connectivity index (χ4n) is 2.19. The summed E-state index contributed by atoms with van der Waals surface area (Å²) in [5.41, 5.74) is 8.87. The highest BCUT2D eigenvalue weighted by Gasteiger charge is 2.12. The summed E-state index contributed by atoms with van der Waals surface area (Å²) in [6.07, 6.45) is 2.25. The zero-order valence-corrected chi connectivity index (χ0v) is 11.5. The third-order valence-corrected chi connectivity index (χ3v) is 3.35. The Hall–Kier alpha value is -1.81. The molecule has 0 amide bonds. The standard InChI is InChI=1S/C15H21N3O/c1-3-4-11(2)14-9-15(16)18(17-14)13-7-5-12(10-19)6-8-13/h5-9,11,19H,3-4,10,16H2,1-2H3. The second-order valence-electron chi connectivity index (χ2n) is 4.92. The molecule has 1 aromatic heterocycles. The van der Waals surface area contributed by atoms with E-state index in [4.69, 9.17) is 10.8 Å². The molecule has 1 unspecified atom stereocenters. The van der Waals surface area contributed by atoms with Crippen molar-refractivity contribution in [2.45, 2.75) is 39.2 Å². The molecule has 1 aromatic carbocycles. The number of rotatable bonds is 5. The van der Waals surface area contributed by atoms with E-state index in [0.29, 0.717) is 11.7 Å². The number of hydrogen-bond donors (Lipinski definition) is 2. The second-order valence-corrected chi connectivity index (χ2v) is 4.92. The van der Waals surface area contributed by atoms with Crippen LogP contribution >= 0.6 is 0 Å². The van der Waals surface area contributed by atoms with E-state index < -0.39 is 0 Å². The van der Waals surface area contributed by atoms with Crippen LogP contribution in [-0.4, -0.2) is 14.9 Å². The number of nitrogen functional groups attached to an aromatic ring is 1. The van der Waals surface area contributed by atoms with Crippen LogP contribution in [0.2, 0.25) is 0 Å². The summed E-state index contributed by atoms with van der Waals surface area (Å²) in [7, 11) is 0. The number of anilines is 1. The van der Waals surface area contributed by atoms with Crippen molar-refractivity contribution in [2.24, 2.45) is 0 Å². The van der Waals surface area contributed by atoms with Gasteiger partial charge >= 0.3 is 0 Å². The molecule has 0 saturated carbocycles. The molecule has 0 spiro atoms. The monoisotopic (exact) mass is 259 g/mol. The van der Waals surface area contributed by atoms with Gasteiger partial charge in [-0.1, -0.05) is 32.4 Å². The van der Waals surface area contributed by atoms with Crippen LogP contribution in [0.1, 0.15) is 43.9 Å². The van der Waals surface area contributed by atoms with Crippen LogP contribution in [0.15, 0.2) is 30.3 Å². The first-order valence-electron chi connectivity index (χ1n) is 6.71. The summed E-state index contributed by atoms with van der Waals surface area (Å²) in [5, 5.41) is 13.6. The van der Waals surface area contributed by atoms with Crippen LogP contribution < -0.4 is 5.73 Å². The maximum absolute atomic E-state index is 9.04. The molecule has 0 radical (unpaired) electrons. The molecule has 0 saturated heterocycles. The number of nitrogens with two attached hydrogens (primary N) is 1. The van der Waals surface area contributed by atoms with Gasteiger partial charge in [-0.05, 0) is 24.1 Å². The lowest BCUT2D eigenvalue weighted by molar-refractivity contribution is 0.282. The first kappa shape index (κ1) is 13.6. The fourth-order valence-corrected chi connectivity index (χ4v) is 2.19. The van der Waals surface area contributed by atoms with E-state index in [1.807, 2.05) is 30.3 Å². The SMILES string of the molecule is CCCC(C)c1cc(N)n(-c2ccc(CO)cc2)n1. The predicted molar refractivity (Wildman–Crippen MR) is 77.2 cm³/mol. The van der Waals surface area contributed by atoms with Gasteiger partial charge in [0.2, 0.25) is 0 Å². The number of aromatic nitrogens is 2. The Labute approximate surface area is 113 Å². The lowest BCUT2D eigenvalue weighted by Gasteiger charge is -2.06. The van der Waals surface area contributed by atoms with E-state index >= 15 is 0 Å². The van der Waals surface area contributed by atoms with E-state index in [0.717, 1.165) is 29.8 Å². The fraction of sp³-hybridized carbons (Fsp3) is 0.400.